The fourth-order valence-electron chi connectivity index (χ4n) is 2.05. The molecule has 1 heterocycles. The Balaban J connectivity index is 1.94. The Morgan fingerprint density at radius 1 is 1.35 bits per heavy atom. The molecule has 0 amide bonds. The van der Waals surface area contributed by atoms with Crippen LogP contribution >= 0.6 is 11.6 Å². The molecule has 1 aliphatic rings. The minimum atomic E-state index is -1.02. The summed E-state index contributed by atoms with van der Waals surface area (Å²) in [7, 11) is -1.02. The lowest BCUT2D eigenvalue weighted by molar-refractivity contribution is 0.361. The third-order valence-corrected chi connectivity index (χ3v) is 4.66. The molecule has 94 valence electrons. The molecule has 1 atom stereocenters. The van der Waals surface area contributed by atoms with Crippen LogP contribution in [0.5, 0.6) is 0 Å². The molecule has 0 saturated carbocycles. The number of benzene rings is 1. The predicted molar refractivity (Wildman–Crippen MR) is 72.8 cm³/mol. The molecule has 1 aromatic rings. The zero-order chi connectivity index (χ0) is 12.3. The number of nitrogens with zero attached hydrogens (tertiary/aromatic N) is 1. The molecule has 0 bridgehead atoms. The first kappa shape index (κ1) is 12.9. The number of hydrogen-bond donors (Lipinski definition) is 1. The maximum atomic E-state index is 12.1. The molecule has 2 rings (SSSR count). The van der Waals surface area contributed by atoms with Gasteiger partial charge in [-0.15, -0.1) is 0 Å². The van der Waals surface area contributed by atoms with Crippen LogP contribution in [0.1, 0.15) is 12.8 Å². The number of rotatable bonds is 4. The van der Waals surface area contributed by atoms with Crippen LogP contribution in [0.2, 0.25) is 5.02 Å². The van der Waals surface area contributed by atoms with Crippen molar-refractivity contribution < 1.29 is 4.21 Å². The predicted octanol–water partition coefficient (Wildman–Crippen LogP) is 2.13. The van der Waals surface area contributed by atoms with Crippen LogP contribution in [-0.2, 0) is 10.8 Å². The lowest BCUT2D eigenvalue weighted by atomic mass is 10.3. The molecular formula is C12H17ClN2OS. The van der Waals surface area contributed by atoms with E-state index in [1.54, 1.807) is 18.2 Å². The largest absolute Gasteiger partial charge is 0.398 e. The van der Waals surface area contributed by atoms with Gasteiger partial charge in [0.05, 0.1) is 15.7 Å². The number of hydrogen-bond acceptors (Lipinski definition) is 3. The summed E-state index contributed by atoms with van der Waals surface area (Å²) in [6, 6.07) is 5.16. The Hall–Kier alpha value is -0.580. The van der Waals surface area contributed by atoms with Crippen LogP contribution in [0, 0.1) is 0 Å². The van der Waals surface area contributed by atoms with Crippen molar-refractivity contribution in [3.05, 3.63) is 23.2 Å². The van der Waals surface area contributed by atoms with Gasteiger partial charge in [0, 0.05) is 23.0 Å². The molecule has 0 spiro atoms. The molecule has 1 fully saturated rings. The van der Waals surface area contributed by atoms with Gasteiger partial charge in [-0.3, -0.25) is 4.21 Å². The van der Waals surface area contributed by atoms with E-state index in [-0.39, 0.29) is 0 Å². The molecule has 1 saturated heterocycles. The highest BCUT2D eigenvalue weighted by Crippen LogP contribution is 2.21. The maximum Gasteiger partial charge on any atom is 0.0618 e. The van der Waals surface area contributed by atoms with Crippen molar-refractivity contribution in [1.82, 2.24) is 4.90 Å². The van der Waals surface area contributed by atoms with Crippen LogP contribution < -0.4 is 5.73 Å². The topological polar surface area (TPSA) is 46.3 Å². The number of likely N-dealkylation sites (tertiary alicyclic amines) is 1. The van der Waals surface area contributed by atoms with Gasteiger partial charge < -0.3 is 10.6 Å². The van der Waals surface area contributed by atoms with E-state index >= 15 is 0 Å². The van der Waals surface area contributed by atoms with Gasteiger partial charge in [0.1, 0.15) is 0 Å². The Morgan fingerprint density at radius 3 is 2.71 bits per heavy atom. The summed E-state index contributed by atoms with van der Waals surface area (Å²) in [5, 5.41) is 0.586. The SMILES string of the molecule is Nc1cc(Cl)ccc1S(=O)CCN1CCCC1. The fourth-order valence-corrected chi connectivity index (χ4v) is 3.42. The van der Waals surface area contributed by atoms with E-state index in [9.17, 15) is 4.21 Å². The lowest BCUT2D eigenvalue weighted by Gasteiger charge is -2.14. The number of anilines is 1. The van der Waals surface area contributed by atoms with E-state index in [0.717, 1.165) is 19.6 Å². The second-order valence-electron chi connectivity index (χ2n) is 4.28. The fraction of sp³-hybridized carbons (Fsp3) is 0.500. The van der Waals surface area contributed by atoms with Crippen LogP contribution in [-0.4, -0.2) is 34.5 Å². The first-order valence-corrected chi connectivity index (χ1v) is 7.52. The molecule has 3 nitrogen and oxygen atoms in total. The summed E-state index contributed by atoms with van der Waals surface area (Å²) in [6.07, 6.45) is 2.52. The van der Waals surface area contributed by atoms with Crippen molar-refractivity contribution in [3.8, 4) is 0 Å². The van der Waals surface area contributed by atoms with E-state index in [1.165, 1.54) is 12.8 Å². The maximum absolute atomic E-state index is 12.1. The molecule has 5 heteroatoms. The van der Waals surface area contributed by atoms with Crippen molar-refractivity contribution in [2.75, 3.05) is 31.1 Å². The average molecular weight is 273 g/mol. The zero-order valence-corrected chi connectivity index (χ0v) is 11.3. The van der Waals surface area contributed by atoms with E-state index in [1.807, 2.05) is 0 Å². The van der Waals surface area contributed by atoms with E-state index in [4.69, 9.17) is 17.3 Å². The van der Waals surface area contributed by atoms with E-state index in [2.05, 4.69) is 4.90 Å². The summed E-state index contributed by atoms with van der Waals surface area (Å²) in [4.78, 5) is 3.05. The lowest BCUT2D eigenvalue weighted by Crippen LogP contribution is -2.24. The smallest absolute Gasteiger partial charge is 0.0618 e. The Morgan fingerprint density at radius 2 is 2.06 bits per heavy atom. The standard InChI is InChI=1S/C12H17ClN2OS/c13-10-3-4-12(11(14)9-10)17(16)8-7-15-5-1-2-6-15/h3-4,9H,1-2,5-8,14H2. The molecule has 0 radical (unpaired) electrons. The van der Waals surface area contributed by atoms with Gasteiger partial charge >= 0.3 is 0 Å². The van der Waals surface area contributed by atoms with Crippen molar-refractivity contribution in [1.29, 1.82) is 0 Å². The molecule has 1 aromatic carbocycles. The Labute approximate surface area is 109 Å². The summed E-state index contributed by atoms with van der Waals surface area (Å²) >= 11 is 5.82. The van der Waals surface area contributed by atoms with Crippen LogP contribution in [0.25, 0.3) is 0 Å². The first-order valence-electron chi connectivity index (χ1n) is 5.82. The molecular weight excluding hydrogens is 256 g/mol. The van der Waals surface area contributed by atoms with Gasteiger partial charge in [0.15, 0.2) is 0 Å². The third kappa shape index (κ3) is 3.44. The number of nitrogen functional groups attached to an aromatic ring is 1. The molecule has 0 aromatic heterocycles. The number of halogens is 1. The summed E-state index contributed by atoms with van der Waals surface area (Å²) in [5.74, 6) is 0.645. The van der Waals surface area contributed by atoms with Crippen LogP contribution in [0.15, 0.2) is 23.1 Å². The highest BCUT2D eigenvalue weighted by Gasteiger charge is 2.14. The summed E-state index contributed by atoms with van der Waals surface area (Å²) < 4.78 is 12.1. The van der Waals surface area contributed by atoms with Crippen molar-refractivity contribution in [2.45, 2.75) is 17.7 Å². The highest BCUT2D eigenvalue weighted by atomic mass is 35.5. The third-order valence-electron chi connectivity index (χ3n) is 3.01. The van der Waals surface area contributed by atoms with Crippen LogP contribution in [0.4, 0.5) is 5.69 Å². The normalized spacial score (nSPS) is 18.4. The monoisotopic (exact) mass is 272 g/mol. The van der Waals surface area contributed by atoms with Crippen molar-refractivity contribution >= 4 is 28.1 Å². The second kappa shape index (κ2) is 5.85. The Bertz CT molecular complexity index is 419. The van der Waals surface area contributed by atoms with Gasteiger partial charge in [0.25, 0.3) is 0 Å². The molecule has 17 heavy (non-hydrogen) atoms. The zero-order valence-electron chi connectivity index (χ0n) is 9.69. The second-order valence-corrected chi connectivity index (χ2v) is 6.26. The minimum Gasteiger partial charge on any atom is -0.398 e. The molecule has 0 aliphatic carbocycles. The minimum absolute atomic E-state index is 0.525. The van der Waals surface area contributed by atoms with Crippen LogP contribution in [0.3, 0.4) is 0 Å². The molecule has 1 aliphatic heterocycles. The van der Waals surface area contributed by atoms with Gasteiger partial charge in [-0.1, -0.05) is 11.6 Å². The quantitative estimate of drug-likeness (QED) is 0.854. The van der Waals surface area contributed by atoms with Gasteiger partial charge in [-0.05, 0) is 44.1 Å². The van der Waals surface area contributed by atoms with Gasteiger partial charge in [-0.2, -0.15) is 0 Å². The highest BCUT2D eigenvalue weighted by molar-refractivity contribution is 7.85. The first-order chi connectivity index (χ1) is 8.16. The number of nitrogens with two attached hydrogens (primary N) is 1. The summed E-state index contributed by atoms with van der Waals surface area (Å²) in [5.41, 5.74) is 6.34. The van der Waals surface area contributed by atoms with Gasteiger partial charge in [0.2, 0.25) is 0 Å². The average Bonchev–Trinajstić information content (AvgIpc) is 2.78. The summed E-state index contributed by atoms with van der Waals surface area (Å²) in [6.45, 7) is 3.15. The van der Waals surface area contributed by atoms with Gasteiger partial charge in [-0.25, -0.2) is 0 Å². The molecule has 2 N–H and O–H groups in total. The van der Waals surface area contributed by atoms with E-state index in [0.29, 0.717) is 21.4 Å². The van der Waals surface area contributed by atoms with E-state index < -0.39 is 10.8 Å². The van der Waals surface area contributed by atoms with Crippen molar-refractivity contribution in [2.24, 2.45) is 0 Å². The van der Waals surface area contributed by atoms with Crippen molar-refractivity contribution in [3.63, 3.8) is 0 Å². The molecule has 1 unspecified atom stereocenters. The Kier molecular flexibility index (Phi) is 4.42.